The molecule has 0 radical (unpaired) electrons. The minimum Gasteiger partial charge on any atom is -0.507 e. The Hall–Kier alpha value is -4.39. The summed E-state index contributed by atoms with van der Waals surface area (Å²) in [7, 11) is 0. The van der Waals surface area contributed by atoms with E-state index in [1.54, 1.807) is 48.5 Å². The molecule has 0 fully saturated rings. The van der Waals surface area contributed by atoms with Crippen molar-refractivity contribution in [3.8, 4) is 0 Å². The number of benzene rings is 3. The van der Waals surface area contributed by atoms with Gasteiger partial charge in [0.2, 0.25) is 0 Å². The predicted molar refractivity (Wildman–Crippen MR) is 133 cm³/mol. The van der Waals surface area contributed by atoms with E-state index < -0.39 is 29.2 Å². The summed E-state index contributed by atoms with van der Waals surface area (Å²) in [5.74, 6) is -2.71. The Labute approximate surface area is 210 Å². The molecule has 0 saturated heterocycles. The highest BCUT2D eigenvalue weighted by Gasteiger charge is 2.38. The molecule has 0 heterocycles. The first-order valence-corrected chi connectivity index (χ1v) is 11.6. The normalized spacial score (nSPS) is 16.0. The van der Waals surface area contributed by atoms with Crippen LogP contribution >= 0.6 is 0 Å². The summed E-state index contributed by atoms with van der Waals surface area (Å²) in [5.41, 5.74) is 1.26. The van der Waals surface area contributed by atoms with E-state index in [0.29, 0.717) is 22.3 Å². The molecule has 186 valence electrons. The fourth-order valence-corrected chi connectivity index (χ4v) is 4.91. The number of alkyl halides is 3. The van der Waals surface area contributed by atoms with Crippen LogP contribution in [0.3, 0.4) is 0 Å². The van der Waals surface area contributed by atoms with Gasteiger partial charge >= 0.3 is 6.18 Å². The number of hydrogen-bond donors (Lipinski definition) is 2. The lowest BCUT2D eigenvalue weighted by Gasteiger charge is -2.28. The first-order chi connectivity index (χ1) is 17.6. The Kier molecular flexibility index (Phi) is 6.07. The minimum absolute atomic E-state index is 0.0255. The van der Waals surface area contributed by atoms with Gasteiger partial charge in [-0.25, -0.2) is 0 Å². The van der Waals surface area contributed by atoms with E-state index in [2.05, 4.69) is 0 Å². The number of fused-ring (bicyclic) bond motifs is 2. The van der Waals surface area contributed by atoms with Gasteiger partial charge in [-0.3, -0.25) is 9.59 Å². The second-order valence-electron chi connectivity index (χ2n) is 9.00. The van der Waals surface area contributed by atoms with Gasteiger partial charge in [0.25, 0.3) is 0 Å². The van der Waals surface area contributed by atoms with Crippen molar-refractivity contribution >= 4 is 29.2 Å². The molecule has 0 spiro atoms. The molecule has 5 rings (SSSR count). The molecule has 0 aromatic heterocycles. The van der Waals surface area contributed by atoms with Crippen molar-refractivity contribution in [2.24, 2.45) is 5.92 Å². The van der Waals surface area contributed by atoms with Gasteiger partial charge in [-0.15, -0.1) is 0 Å². The quantitative estimate of drug-likeness (QED) is 0.426. The highest BCUT2D eigenvalue weighted by atomic mass is 19.4. The fourth-order valence-electron chi connectivity index (χ4n) is 4.91. The molecule has 4 nitrogen and oxygen atoms in total. The van der Waals surface area contributed by atoms with E-state index in [1.807, 2.05) is 0 Å². The summed E-state index contributed by atoms with van der Waals surface area (Å²) in [6.45, 7) is 0. The molecule has 3 aromatic carbocycles. The Morgan fingerprint density at radius 3 is 1.76 bits per heavy atom. The molecule has 2 aliphatic rings. The van der Waals surface area contributed by atoms with Crippen LogP contribution in [-0.2, 0) is 28.6 Å². The molecule has 0 bridgehead atoms. The van der Waals surface area contributed by atoms with Gasteiger partial charge in [-0.2, -0.15) is 13.2 Å². The van der Waals surface area contributed by atoms with Crippen molar-refractivity contribution in [3.63, 3.8) is 0 Å². The number of rotatable bonds is 4. The zero-order chi connectivity index (χ0) is 26.3. The van der Waals surface area contributed by atoms with Crippen LogP contribution in [0.15, 0.2) is 90.0 Å². The Morgan fingerprint density at radius 2 is 1.24 bits per heavy atom. The highest BCUT2D eigenvalue weighted by Crippen LogP contribution is 2.40. The van der Waals surface area contributed by atoms with Crippen LogP contribution in [0.1, 0.15) is 33.4 Å². The van der Waals surface area contributed by atoms with E-state index in [9.17, 15) is 33.0 Å². The third-order valence-electron chi connectivity index (χ3n) is 6.68. The lowest BCUT2D eigenvalue weighted by atomic mass is 9.75. The minimum atomic E-state index is -4.54. The second kappa shape index (κ2) is 9.24. The van der Waals surface area contributed by atoms with E-state index in [-0.39, 0.29) is 41.1 Å². The molecule has 0 aliphatic heterocycles. The largest absolute Gasteiger partial charge is 0.507 e. The van der Waals surface area contributed by atoms with E-state index in [4.69, 9.17) is 0 Å². The zero-order valence-electron chi connectivity index (χ0n) is 19.4. The number of aliphatic hydroxyl groups excluding tert-OH is 2. The standard InChI is InChI=1S/C30H21F3O4/c31-30(32,33)20-9-5-6-17(14-20)12-13-23(26-24(34)15-18-7-1-3-10-21(18)28(26)36)27-25(35)16-19-8-2-4-11-22(19)29(27)37/h1-14,23,36-37H,15-16H2/b13-12+. The summed E-state index contributed by atoms with van der Waals surface area (Å²) in [4.78, 5) is 26.6. The summed E-state index contributed by atoms with van der Waals surface area (Å²) in [6.07, 6.45) is -1.84. The lowest BCUT2D eigenvalue weighted by molar-refractivity contribution is -0.137. The number of Topliss-reactive ketones (excluding diaryl/α,β-unsaturated/α-hetero) is 2. The Bertz CT molecular complexity index is 1440. The lowest BCUT2D eigenvalue weighted by Crippen LogP contribution is -2.28. The number of ketones is 2. The van der Waals surface area contributed by atoms with Crippen LogP contribution in [0, 0.1) is 5.92 Å². The summed E-state index contributed by atoms with van der Waals surface area (Å²) >= 11 is 0. The van der Waals surface area contributed by atoms with Crippen molar-refractivity contribution in [3.05, 3.63) is 123 Å². The van der Waals surface area contributed by atoms with Crippen molar-refractivity contribution in [2.75, 3.05) is 0 Å². The fraction of sp³-hybridized carbons (Fsp3) is 0.133. The maximum Gasteiger partial charge on any atom is 0.416 e. The molecule has 37 heavy (non-hydrogen) atoms. The molecule has 0 saturated carbocycles. The van der Waals surface area contributed by atoms with Crippen molar-refractivity contribution in [2.45, 2.75) is 19.0 Å². The van der Waals surface area contributed by atoms with Gasteiger partial charge in [-0.1, -0.05) is 72.8 Å². The van der Waals surface area contributed by atoms with E-state index >= 15 is 0 Å². The van der Waals surface area contributed by atoms with Gasteiger partial charge in [0.15, 0.2) is 11.6 Å². The number of carbonyl (C=O) groups is 2. The van der Waals surface area contributed by atoms with Crippen LogP contribution in [0.4, 0.5) is 13.2 Å². The molecule has 0 unspecified atom stereocenters. The van der Waals surface area contributed by atoms with Crippen molar-refractivity contribution < 1.29 is 33.0 Å². The molecule has 2 N–H and O–H groups in total. The first kappa shape index (κ1) is 24.3. The van der Waals surface area contributed by atoms with Crippen molar-refractivity contribution in [1.29, 1.82) is 0 Å². The molecule has 2 aliphatic carbocycles. The third kappa shape index (κ3) is 4.48. The topological polar surface area (TPSA) is 74.6 Å². The van der Waals surface area contributed by atoms with E-state index in [0.717, 1.165) is 12.1 Å². The summed E-state index contributed by atoms with van der Waals surface area (Å²) < 4.78 is 39.7. The number of allylic oxidation sites excluding steroid dienone is 3. The Morgan fingerprint density at radius 1 is 0.730 bits per heavy atom. The van der Waals surface area contributed by atoms with Gasteiger partial charge in [0, 0.05) is 41.0 Å². The molecular formula is C30H21F3O4. The SMILES string of the molecule is O=C1Cc2ccccc2C(O)=C1C(/C=C/c1cccc(C(F)(F)F)c1)C1=C(O)c2ccccc2CC1=O. The first-order valence-electron chi connectivity index (χ1n) is 11.6. The predicted octanol–water partition coefficient (Wildman–Crippen LogP) is 6.52. The third-order valence-corrected chi connectivity index (χ3v) is 6.68. The zero-order valence-corrected chi connectivity index (χ0v) is 19.4. The van der Waals surface area contributed by atoms with Crippen LogP contribution in [0.5, 0.6) is 0 Å². The van der Waals surface area contributed by atoms with Crippen LogP contribution in [0.2, 0.25) is 0 Å². The average molecular weight is 502 g/mol. The number of halogens is 3. The Balaban J connectivity index is 1.70. The van der Waals surface area contributed by atoms with Gasteiger partial charge in [-0.05, 0) is 28.8 Å². The summed E-state index contributed by atoms with van der Waals surface area (Å²) in [6, 6.07) is 18.2. The van der Waals surface area contributed by atoms with Crippen LogP contribution in [0.25, 0.3) is 17.6 Å². The van der Waals surface area contributed by atoms with E-state index in [1.165, 1.54) is 24.3 Å². The van der Waals surface area contributed by atoms with Crippen LogP contribution < -0.4 is 0 Å². The highest BCUT2D eigenvalue weighted by molar-refractivity contribution is 6.12. The maximum absolute atomic E-state index is 13.3. The smallest absolute Gasteiger partial charge is 0.416 e. The molecule has 7 heteroatoms. The van der Waals surface area contributed by atoms with Crippen LogP contribution in [-0.4, -0.2) is 21.8 Å². The van der Waals surface area contributed by atoms with Gasteiger partial charge < -0.3 is 10.2 Å². The summed E-state index contributed by atoms with van der Waals surface area (Å²) in [5, 5.41) is 22.3. The van der Waals surface area contributed by atoms with Gasteiger partial charge in [0.05, 0.1) is 5.56 Å². The molecule has 0 atom stereocenters. The average Bonchev–Trinajstić information content (AvgIpc) is 2.86. The number of aliphatic hydroxyl groups is 2. The van der Waals surface area contributed by atoms with Crippen molar-refractivity contribution in [1.82, 2.24) is 0 Å². The maximum atomic E-state index is 13.3. The monoisotopic (exact) mass is 502 g/mol. The molecular weight excluding hydrogens is 481 g/mol. The molecule has 0 amide bonds. The van der Waals surface area contributed by atoms with Gasteiger partial charge in [0.1, 0.15) is 11.5 Å². The number of hydrogen-bond acceptors (Lipinski definition) is 4. The second-order valence-corrected chi connectivity index (χ2v) is 9.00. The molecule has 3 aromatic rings. The number of carbonyl (C=O) groups excluding carboxylic acids is 2.